The summed E-state index contributed by atoms with van der Waals surface area (Å²) in [6.07, 6.45) is 7.08. The van der Waals surface area contributed by atoms with E-state index in [1.54, 1.807) is 29.2 Å². The number of pyridine rings is 2. The second-order valence-electron chi connectivity index (χ2n) is 10.9. The normalized spacial score (nSPS) is 24.5. The molecule has 1 aromatic carbocycles. The third-order valence-electron chi connectivity index (χ3n) is 8.70. The smallest absolute Gasteiger partial charge is 0.250 e. The lowest BCUT2D eigenvalue weighted by molar-refractivity contribution is -0.140. The summed E-state index contributed by atoms with van der Waals surface area (Å²) in [4.78, 5) is 50.2. The van der Waals surface area contributed by atoms with Gasteiger partial charge in [-0.3, -0.25) is 19.4 Å². The Hall–Kier alpha value is -4.53. The van der Waals surface area contributed by atoms with Crippen molar-refractivity contribution in [2.45, 2.75) is 38.4 Å². The van der Waals surface area contributed by atoms with E-state index >= 15 is 0 Å². The van der Waals surface area contributed by atoms with Crippen molar-refractivity contribution in [2.24, 2.45) is 23.5 Å². The molecule has 4 aromatic rings. The summed E-state index contributed by atoms with van der Waals surface area (Å²) in [6.45, 7) is 1.89. The average Bonchev–Trinajstić information content (AvgIpc) is 3.18. The summed E-state index contributed by atoms with van der Waals surface area (Å²) in [5.41, 5.74) is 9.46. The van der Waals surface area contributed by atoms with E-state index in [0.717, 1.165) is 35.2 Å². The van der Waals surface area contributed by atoms with Crippen molar-refractivity contribution in [1.82, 2.24) is 19.4 Å². The molecule has 1 saturated heterocycles. The van der Waals surface area contributed by atoms with Crippen LogP contribution in [-0.2, 0) is 16.1 Å². The van der Waals surface area contributed by atoms with Crippen molar-refractivity contribution in [3.63, 3.8) is 0 Å². The van der Waals surface area contributed by atoms with Gasteiger partial charge >= 0.3 is 0 Å². The highest BCUT2D eigenvalue weighted by Gasteiger charge is 2.71. The Morgan fingerprint density at radius 1 is 1.05 bits per heavy atom. The number of likely N-dealkylation sites (tertiary alicyclic amines) is 1. The molecule has 3 fully saturated rings. The van der Waals surface area contributed by atoms with Crippen LogP contribution in [0.4, 0.5) is 5.82 Å². The molecule has 4 unspecified atom stereocenters. The van der Waals surface area contributed by atoms with Crippen LogP contribution in [0.1, 0.15) is 28.9 Å². The van der Waals surface area contributed by atoms with Crippen LogP contribution < -0.4 is 11.1 Å². The molecule has 3 aromatic heterocycles. The van der Waals surface area contributed by atoms with E-state index in [-0.39, 0.29) is 30.3 Å². The van der Waals surface area contributed by atoms with Gasteiger partial charge in [0.05, 0.1) is 5.56 Å². The van der Waals surface area contributed by atoms with Gasteiger partial charge in [-0.15, -0.1) is 0 Å². The lowest BCUT2D eigenvalue weighted by atomic mass is 10.0. The molecular formula is C30H28N6O3. The van der Waals surface area contributed by atoms with Crippen LogP contribution >= 0.6 is 0 Å². The summed E-state index contributed by atoms with van der Waals surface area (Å²) in [5.74, 6) is 0.727. The zero-order valence-electron chi connectivity index (χ0n) is 21.4. The molecule has 1 aliphatic heterocycles. The highest BCUT2D eigenvalue weighted by atomic mass is 16.2. The summed E-state index contributed by atoms with van der Waals surface area (Å²) < 4.78 is 1.78. The summed E-state index contributed by atoms with van der Waals surface area (Å²) >= 11 is 0. The molecule has 9 heteroatoms. The highest BCUT2D eigenvalue weighted by molar-refractivity contribution is 6.07. The molecule has 3 N–H and O–H groups in total. The lowest BCUT2D eigenvalue weighted by Crippen LogP contribution is -2.50. The summed E-state index contributed by atoms with van der Waals surface area (Å²) in [5, 5.41) is 3.63. The number of nitrogens with one attached hydrogen (secondary N) is 1. The number of rotatable bonds is 6. The Balaban J connectivity index is 1.19. The van der Waals surface area contributed by atoms with Gasteiger partial charge in [0.2, 0.25) is 11.8 Å². The lowest BCUT2D eigenvalue weighted by Gasteiger charge is -2.31. The molecule has 3 aliphatic rings. The molecule has 2 aliphatic carbocycles. The number of carbonyl (C=O) groups excluding carboxylic acids is 3. The van der Waals surface area contributed by atoms with Crippen LogP contribution in [0, 0.1) is 24.7 Å². The topological polar surface area (TPSA) is 123 Å². The minimum absolute atomic E-state index is 0.0170. The Bertz CT molecular complexity index is 1650. The number of anilines is 1. The molecule has 9 nitrogen and oxygen atoms in total. The number of hydrogen-bond donors (Lipinski definition) is 2. The number of primary amides is 1. The number of piperidine rings is 1. The molecule has 39 heavy (non-hydrogen) atoms. The first kappa shape index (κ1) is 23.6. The second-order valence-corrected chi connectivity index (χ2v) is 10.9. The van der Waals surface area contributed by atoms with Gasteiger partial charge in [-0.05, 0) is 73.4 Å². The standard InChI is InChI=1S/C30H28N6O3/c1-16-4-2-6-24(33-16)34-30(39)28-27-19-8-10-23(26(19)27)36(28)25(37)15-35-14-21(29(31)38)20-12-17(7-9-22(20)35)18-5-3-11-32-13-18/h2-7,9,11-14,19,23,26-28H,8,10,15H2,1H3,(H2,31,38)(H,33,34,39)/t19?,23?,26?,27?,28-/m0/s1. The number of aryl methyl sites for hydroxylation is 1. The number of benzene rings is 1. The van der Waals surface area contributed by atoms with E-state index in [1.165, 1.54) is 0 Å². The molecule has 3 amide bonds. The number of aromatic nitrogens is 3. The fourth-order valence-electron chi connectivity index (χ4n) is 7.09. The van der Waals surface area contributed by atoms with E-state index in [0.29, 0.717) is 28.6 Å². The summed E-state index contributed by atoms with van der Waals surface area (Å²) in [6, 6.07) is 14.6. The Kier molecular flexibility index (Phi) is 5.30. The third kappa shape index (κ3) is 3.79. The monoisotopic (exact) mass is 520 g/mol. The quantitative estimate of drug-likeness (QED) is 0.404. The third-order valence-corrected chi connectivity index (χ3v) is 8.70. The van der Waals surface area contributed by atoms with Gasteiger partial charge < -0.3 is 20.5 Å². The van der Waals surface area contributed by atoms with Gasteiger partial charge in [0.15, 0.2) is 0 Å². The largest absolute Gasteiger partial charge is 0.366 e. The Labute approximate surface area is 225 Å². The maximum absolute atomic E-state index is 13.9. The van der Waals surface area contributed by atoms with Gasteiger partial charge in [0, 0.05) is 46.8 Å². The zero-order valence-corrected chi connectivity index (χ0v) is 21.4. The fraction of sp³-hybridized carbons (Fsp3) is 0.300. The van der Waals surface area contributed by atoms with Crippen LogP contribution in [0.2, 0.25) is 0 Å². The van der Waals surface area contributed by atoms with Crippen molar-refractivity contribution in [1.29, 1.82) is 0 Å². The van der Waals surface area contributed by atoms with Crippen molar-refractivity contribution in [3.8, 4) is 11.1 Å². The molecule has 7 rings (SSSR count). The Morgan fingerprint density at radius 3 is 2.69 bits per heavy atom. The number of hydrogen-bond acceptors (Lipinski definition) is 5. The van der Waals surface area contributed by atoms with Crippen LogP contribution in [-0.4, -0.2) is 49.2 Å². The van der Waals surface area contributed by atoms with Crippen molar-refractivity contribution < 1.29 is 14.4 Å². The Morgan fingerprint density at radius 2 is 1.92 bits per heavy atom. The first-order chi connectivity index (χ1) is 18.9. The number of carbonyl (C=O) groups is 3. The van der Waals surface area contributed by atoms with Gasteiger partial charge in [0.25, 0.3) is 5.91 Å². The molecule has 2 saturated carbocycles. The number of nitrogens with zero attached hydrogens (tertiary/aromatic N) is 4. The average molecular weight is 521 g/mol. The molecule has 0 radical (unpaired) electrons. The van der Waals surface area contributed by atoms with E-state index in [1.807, 2.05) is 54.3 Å². The van der Waals surface area contributed by atoms with E-state index in [2.05, 4.69) is 15.3 Å². The molecule has 5 atom stereocenters. The van der Waals surface area contributed by atoms with Gasteiger partial charge in [-0.1, -0.05) is 18.2 Å². The predicted octanol–water partition coefficient (Wildman–Crippen LogP) is 3.38. The van der Waals surface area contributed by atoms with E-state index in [9.17, 15) is 14.4 Å². The van der Waals surface area contributed by atoms with Gasteiger partial charge in [-0.2, -0.15) is 0 Å². The molecule has 4 heterocycles. The van der Waals surface area contributed by atoms with Crippen LogP contribution in [0.15, 0.2) is 67.1 Å². The number of nitrogens with two attached hydrogens (primary N) is 1. The van der Waals surface area contributed by atoms with E-state index in [4.69, 9.17) is 5.73 Å². The first-order valence-electron chi connectivity index (χ1n) is 13.3. The van der Waals surface area contributed by atoms with E-state index < -0.39 is 11.9 Å². The SMILES string of the molecule is Cc1cccc(NC(=O)[C@@H]2C3C4CCC(C43)N2C(=O)Cn2cc(C(N)=O)c3cc(-c4cccnc4)ccc32)n1. The van der Waals surface area contributed by atoms with Crippen molar-refractivity contribution in [3.05, 3.63) is 78.4 Å². The van der Waals surface area contributed by atoms with Gasteiger partial charge in [0.1, 0.15) is 18.4 Å². The fourth-order valence-corrected chi connectivity index (χ4v) is 7.09. The molecule has 0 bridgehead atoms. The number of amides is 3. The first-order valence-corrected chi connectivity index (χ1v) is 13.3. The maximum Gasteiger partial charge on any atom is 0.250 e. The van der Waals surface area contributed by atoms with Gasteiger partial charge in [-0.25, -0.2) is 4.98 Å². The molecule has 0 spiro atoms. The highest BCUT2D eigenvalue weighted by Crippen LogP contribution is 2.66. The minimum atomic E-state index is -0.557. The number of fused-ring (bicyclic) bond motifs is 2. The zero-order chi connectivity index (χ0) is 26.8. The summed E-state index contributed by atoms with van der Waals surface area (Å²) in [7, 11) is 0. The van der Waals surface area contributed by atoms with Crippen LogP contribution in [0.25, 0.3) is 22.0 Å². The second kappa shape index (κ2) is 8.76. The van der Waals surface area contributed by atoms with Crippen molar-refractivity contribution >= 4 is 34.4 Å². The van der Waals surface area contributed by atoms with Crippen molar-refractivity contribution in [2.75, 3.05) is 5.32 Å². The predicted molar refractivity (Wildman–Crippen MR) is 145 cm³/mol. The minimum Gasteiger partial charge on any atom is -0.366 e. The maximum atomic E-state index is 13.9. The van der Waals surface area contributed by atoms with Crippen LogP contribution in [0.5, 0.6) is 0 Å². The molecule has 196 valence electrons. The molecular weight excluding hydrogens is 492 g/mol. The van der Waals surface area contributed by atoms with Crippen LogP contribution in [0.3, 0.4) is 0 Å².